The number of nitrogens with one attached hydrogen (secondary N) is 1. The van der Waals surface area contributed by atoms with Gasteiger partial charge in [-0.1, -0.05) is 12.1 Å². The third kappa shape index (κ3) is 3.61. The van der Waals surface area contributed by atoms with E-state index in [1.54, 1.807) is 19.1 Å². The number of halogens is 1. The summed E-state index contributed by atoms with van der Waals surface area (Å²) in [6, 6.07) is 12.1. The zero-order chi connectivity index (χ0) is 20.6. The number of hydrogen-bond acceptors (Lipinski definition) is 5. The summed E-state index contributed by atoms with van der Waals surface area (Å²) >= 11 is 0. The third-order valence-corrected chi connectivity index (χ3v) is 6.88. The molecule has 8 heteroatoms. The van der Waals surface area contributed by atoms with Crippen LogP contribution < -0.4 is 9.62 Å². The molecule has 6 nitrogen and oxygen atoms in total. The molecule has 0 radical (unpaired) electrons. The number of aryl methyl sites for hydroxylation is 1. The van der Waals surface area contributed by atoms with Gasteiger partial charge in [0.15, 0.2) is 0 Å². The number of anilines is 2. The van der Waals surface area contributed by atoms with E-state index in [1.165, 1.54) is 22.6 Å². The topological polar surface area (TPSA) is 86.1 Å². The maximum atomic E-state index is 14.0. The Bertz CT molecular complexity index is 1250. The highest BCUT2D eigenvalue weighted by Gasteiger charge is 2.28. The van der Waals surface area contributed by atoms with Crippen LogP contribution in [0, 0.1) is 24.1 Å². The van der Waals surface area contributed by atoms with Crippen LogP contribution in [0.2, 0.25) is 0 Å². The van der Waals surface area contributed by atoms with Crippen LogP contribution >= 0.6 is 0 Å². The number of benzene rings is 2. The van der Waals surface area contributed by atoms with E-state index in [0.717, 1.165) is 5.56 Å². The molecule has 1 N–H and O–H groups in total. The minimum atomic E-state index is -3.25. The number of nitrogens with zero attached hydrogens (tertiary/aromatic N) is 3. The van der Waals surface area contributed by atoms with E-state index in [1.807, 2.05) is 12.1 Å². The SMILES string of the molecule is Cc1cc(F)cc2c(NCc3cccc(N4CCCS4(=O)=O)c3)c(C#N)cnc12. The molecule has 0 aliphatic carbocycles. The summed E-state index contributed by atoms with van der Waals surface area (Å²) in [7, 11) is -3.25. The van der Waals surface area contributed by atoms with Crippen molar-refractivity contribution in [3.63, 3.8) is 0 Å². The minimum Gasteiger partial charge on any atom is -0.379 e. The summed E-state index contributed by atoms with van der Waals surface area (Å²) in [5.41, 5.74) is 3.63. The summed E-state index contributed by atoms with van der Waals surface area (Å²) < 4.78 is 39.8. The van der Waals surface area contributed by atoms with Gasteiger partial charge in [0.25, 0.3) is 0 Å². The molecule has 1 aliphatic heterocycles. The monoisotopic (exact) mass is 410 g/mol. The number of sulfonamides is 1. The van der Waals surface area contributed by atoms with Gasteiger partial charge >= 0.3 is 0 Å². The van der Waals surface area contributed by atoms with Gasteiger partial charge in [0.2, 0.25) is 10.0 Å². The van der Waals surface area contributed by atoms with Gasteiger partial charge in [-0.3, -0.25) is 9.29 Å². The fourth-order valence-electron chi connectivity index (χ4n) is 3.65. The van der Waals surface area contributed by atoms with Crippen LogP contribution in [0.15, 0.2) is 42.6 Å². The van der Waals surface area contributed by atoms with Gasteiger partial charge in [-0.25, -0.2) is 12.8 Å². The molecular formula is C21H19FN4O2S. The van der Waals surface area contributed by atoms with Crippen molar-refractivity contribution in [2.45, 2.75) is 19.9 Å². The Morgan fingerprint density at radius 2 is 2.14 bits per heavy atom. The van der Waals surface area contributed by atoms with E-state index in [2.05, 4.69) is 16.4 Å². The Kier molecular flexibility index (Phi) is 4.84. The number of fused-ring (bicyclic) bond motifs is 1. The predicted molar refractivity (Wildman–Crippen MR) is 111 cm³/mol. The molecule has 0 unspecified atom stereocenters. The average Bonchev–Trinajstić information content (AvgIpc) is 3.05. The quantitative estimate of drug-likeness (QED) is 0.709. The largest absolute Gasteiger partial charge is 0.379 e. The third-order valence-electron chi connectivity index (χ3n) is 5.01. The number of hydrogen-bond donors (Lipinski definition) is 1. The van der Waals surface area contributed by atoms with Crippen LogP contribution in [0.5, 0.6) is 0 Å². The molecular weight excluding hydrogens is 391 g/mol. The van der Waals surface area contributed by atoms with Crippen LogP contribution in [-0.4, -0.2) is 25.7 Å². The van der Waals surface area contributed by atoms with Crippen LogP contribution in [0.25, 0.3) is 10.9 Å². The van der Waals surface area contributed by atoms with E-state index >= 15 is 0 Å². The number of nitriles is 1. The van der Waals surface area contributed by atoms with Crippen LogP contribution in [0.4, 0.5) is 15.8 Å². The van der Waals surface area contributed by atoms with Crippen molar-refractivity contribution in [3.8, 4) is 6.07 Å². The van der Waals surface area contributed by atoms with Crippen molar-refractivity contribution < 1.29 is 12.8 Å². The molecule has 4 rings (SSSR count). The first-order chi connectivity index (χ1) is 13.9. The first-order valence-corrected chi connectivity index (χ1v) is 10.8. The van der Waals surface area contributed by atoms with Gasteiger partial charge in [-0.15, -0.1) is 0 Å². The molecule has 148 valence electrons. The van der Waals surface area contributed by atoms with E-state index in [9.17, 15) is 18.1 Å². The molecule has 1 saturated heterocycles. The first kappa shape index (κ1) is 19.2. The standard InChI is InChI=1S/C21H19FN4O2S/c1-14-8-17(22)10-19-20(14)25-13-16(11-23)21(19)24-12-15-4-2-5-18(9-15)26-6-3-7-29(26,27)28/h2,4-5,8-10,13H,3,6-7,12H2,1H3,(H,24,25). The molecule has 0 saturated carbocycles. The van der Waals surface area contributed by atoms with Crippen LogP contribution in [-0.2, 0) is 16.6 Å². The zero-order valence-electron chi connectivity index (χ0n) is 15.8. The summed E-state index contributed by atoms with van der Waals surface area (Å²) in [5.74, 6) is -0.231. The van der Waals surface area contributed by atoms with Gasteiger partial charge in [0.05, 0.1) is 28.2 Å². The van der Waals surface area contributed by atoms with E-state index in [4.69, 9.17) is 0 Å². The lowest BCUT2D eigenvalue weighted by Gasteiger charge is -2.18. The second-order valence-electron chi connectivity index (χ2n) is 7.04. The van der Waals surface area contributed by atoms with Gasteiger partial charge in [-0.05, 0) is 48.7 Å². The average molecular weight is 410 g/mol. The Hall–Kier alpha value is -3.18. The molecule has 0 bridgehead atoms. The Morgan fingerprint density at radius 1 is 1.31 bits per heavy atom. The molecule has 0 atom stereocenters. The lowest BCUT2D eigenvalue weighted by atomic mass is 10.1. The van der Waals surface area contributed by atoms with Crippen LogP contribution in [0.1, 0.15) is 23.1 Å². The minimum absolute atomic E-state index is 0.162. The van der Waals surface area contributed by atoms with Crippen LogP contribution in [0.3, 0.4) is 0 Å². The fraction of sp³-hybridized carbons (Fsp3) is 0.238. The van der Waals surface area contributed by atoms with Gasteiger partial charge < -0.3 is 5.32 Å². The Balaban J connectivity index is 1.67. The lowest BCUT2D eigenvalue weighted by Crippen LogP contribution is -2.25. The van der Waals surface area contributed by atoms with Crippen molar-refractivity contribution in [2.24, 2.45) is 0 Å². The molecule has 1 aromatic heterocycles. The summed E-state index contributed by atoms with van der Waals surface area (Å²) in [6.45, 7) is 2.60. The molecule has 1 aliphatic rings. The highest BCUT2D eigenvalue weighted by Crippen LogP contribution is 2.30. The van der Waals surface area contributed by atoms with Gasteiger partial charge in [-0.2, -0.15) is 5.26 Å². The van der Waals surface area contributed by atoms with Gasteiger partial charge in [0, 0.05) is 24.7 Å². The fourth-order valence-corrected chi connectivity index (χ4v) is 5.21. The maximum absolute atomic E-state index is 14.0. The summed E-state index contributed by atoms with van der Waals surface area (Å²) in [4.78, 5) is 4.29. The lowest BCUT2D eigenvalue weighted by molar-refractivity contribution is 0.599. The number of rotatable bonds is 4. The smallest absolute Gasteiger partial charge is 0.235 e. The molecule has 2 aromatic carbocycles. The zero-order valence-corrected chi connectivity index (χ0v) is 16.6. The Labute approximate surface area is 168 Å². The van der Waals surface area contributed by atoms with E-state index in [-0.39, 0.29) is 5.75 Å². The maximum Gasteiger partial charge on any atom is 0.235 e. The van der Waals surface area contributed by atoms with Gasteiger partial charge in [0.1, 0.15) is 11.9 Å². The van der Waals surface area contributed by atoms with Crippen molar-refractivity contribution in [1.29, 1.82) is 5.26 Å². The van der Waals surface area contributed by atoms with Crippen molar-refractivity contribution in [2.75, 3.05) is 21.9 Å². The molecule has 2 heterocycles. The second-order valence-corrected chi connectivity index (χ2v) is 9.06. The highest BCUT2D eigenvalue weighted by molar-refractivity contribution is 7.93. The molecule has 1 fully saturated rings. The molecule has 0 amide bonds. The molecule has 0 spiro atoms. The summed E-state index contributed by atoms with van der Waals surface area (Å²) in [5, 5.41) is 13.2. The molecule has 3 aromatic rings. The summed E-state index contributed by atoms with van der Waals surface area (Å²) in [6.07, 6.45) is 2.09. The normalized spacial score (nSPS) is 15.4. The predicted octanol–water partition coefficient (Wildman–Crippen LogP) is 3.71. The highest BCUT2D eigenvalue weighted by atomic mass is 32.2. The van der Waals surface area contributed by atoms with Crippen molar-refractivity contribution >= 4 is 32.3 Å². The van der Waals surface area contributed by atoms with E-state index < -0.39 is 15.8 Å². The first-order valence-electron chi connectivity index (χ1n) is 9.21. The van der Waals surface area contributed by atoms with Crippen molar-refractivity contribution in [1.82, 2.24) is 4.98 Å². The van der Waals surface area contributed by atoms with E-state index in [0.29, 0.717) is 52.9 Å². The second kappa shape index (κ2) is 7.33. The number of aromatic nitrogens is 1. The van der Waals surface area contributed by atoms with Crippen molar-refractivity contribution in [3.05, 3.63) is 65.1 Å². The number of pyridine rings is 1. The molecule has 29 heavy (non-hydrogen) atoms. The Morgan fingerprint density at radius 3 is 2.86 bits per heavy atom.